The fraction of sp³-hybridized carbons (Fsp3) is 0.381. The van der Waals surface area contributed by atoms with Crippen LogP contribution in [0.5, 0.6) is 5.75 Å². The lowest BCUT2D eigenvalue weighted by Gasteiger charge is -2.11. The van der Waals surface area contributed by atoms with Gasteiger partial charge in [0.2, 0.25) is 5.89 Å². The third-order valence-corrected chi connectivity index (χ3v) is 6.48. The van der Waals surface area contributed by atoms with Crippen molar-refractivity contribution in [2.24, 2.45) is 11.8 Å². The van der Waals surface area contributed by atoms with Gasteiger partial charge in [0, 0.05) is 23.2 Å². The van der Waals surface area contributed by atoms with Crippen molar-refractivity contribution < 1.29 is 22.3 Å². The molecule has 31 heavy (non-hydrogen) atoms. The van der Waals surface area contributed by atoms with Crippen molar-refractivity contribution in [2.75, 3.05) is 0 Å². The maximum Gasteiger partial charge on any atom is 0.573 e. The highest BCUT2D eigenvalue weighted by Crippen LogP contribution is 2.43. The van der Waals surface area contributed by atoms with E-state index in [4.69, 9.17) is 21.4 Å². The molecule has 1 fully saturated rings. The smallest absolute Gasteiger partial charge is 0.436 e. The number of allylic oxidation sites excluding steroid dienone is 1. The van der Waals surface area contributed by atoms with Crippen LogP contribution >= 0.6 is 22.9 Å². The van der Waals surface area contributed by atoms with Crippen molar-refractivity contribution >= 4 is 45.8 Å². The topological polar surface area (TPSA) is 72.0 Å². The van der Waals surface area contributed by atoms with Crippen molar-refractivity contribution in [3.63, 3.8) is 0 Å². The fourth-order valence-electron chi connectivity index (χ4n) is 3.89. The van der Waals surface area contributed by atoms with Crippen LogP contribution in [-0.2, 0) is 0 Å². The van der Waals surface area contributed by atoms with Crippen LogP contribution in [0.15, 0.2) is 28.1 Å². The molecule has 5 nitrogen and oxygen atoms in total. The van der Waals surface area contributed by atoms with Crippen LogP contribution in [0.25, 0.3) is 27.7 Å². The fourth-order valence-corrected chi connectivity index (χ4v) is 4.78. The summed E-state index contributed by atoms with van der Waals surface area (Å²) in [6, 6.07) is 1.34. The quantitative estimate of drug-likeness (QED) is 0.409. The molecule has 3 aromatic rings. The molecule has 0 bridgehead atoms. The Labute approximate surface area is 185 Å². The molecular weight excluding hydrogens is 451 g/mol. The monoisotopic (exact) mass is 469 g/mol. The zero-order valence-corrected chi connectivity index (χ0v) is 18.1. The Kier molecular flexibility index (Phi) is 6.07. The lowest BCUT2D eigenvalue weighted by atomic mass is 9.97. The number of alkyl halides is 3. The first-order valence-corrected chi connectivity index (χ1v) is 11.1. The van der Waals surface area contributed by atoms with E-state index in [1.807, 2.05) is 6.08 Å². The average molecular weight is 470 g/mol. The number of benzene rings is 1. The van der Waals surface area contributed by atoms with Crippen molar-refractivity contribution in [2.45, 2.75) is 39.0 Å². The van der Waals surface area contributed by atoms with E-state index in [0.717, 1.165) is 25.0 Å². The Morgan fingerprint density at radius 3 is 2.77 bits per heavy atom. The second-order valence-electron chi connectivity index (χ2n) is 7.32. The van der Waals surface area contributed by atoms with Gasteiger partial charge in [-0.25, -0.2) is 9.97 Å². The van der Waals surface area contributed by atoms with Crippen LogP contribution in [0.2, 0.25) is 5.02 Å². The third-order valence-electron chi connectivity index (χ3n) is 5.39. The van der Waals surface area contributed by atoms with Crippen molar-refractivity contribution in [3.8, 4) is 16.3 Å². The minimum Gasteiger partial charge on any atom is -0.436 e. The lowest BCUT2D eigenvalue weighted by molar-refractivity contribution is -0.274. The van der Waals surface area contributed by atoms with Crippen LogP contribution in [0.1, 0.15) is 38.5 Å². The second-order valence-corrected chi connectivity index (χ2v) is 8.62. The summed E-state index contributed by atoms with van der Waals surface area (Å²) in [7, 11) is 0. The standard InChI is InChI=1S/C21H19ClF3N3O2S/c1-2-11-6-7-12(16(11)26)4-3-5-15-28-17-18(29-15)13(20-27-8-9-31-20)10-14(22)19(17)30-21(23,24)25/h3,5,8-12,26H,2,4,6-7H2,1H3/b5-3+,26-16?. The molecule has 1 saturated carbocycles. The summed E-state index contributed by atoms with van der Waals surface area (Å²) in [5.74, 6) is 0.0534. The van der Waals surface area contributed by atoms with E-state index in [-0.39, 0.29) is 27.9 Å². The number of rotatable bonds is 6. The number of ether oxygens (including phenoxy) is 1. The summed E-state index contributed by atoms with van der Waals surface area (Å²) in [5, 5.41) is 10.3. The number of thiazole rings is 1. The van der Waals surface area contributed by atoms with Crippen LogP contribution in [0.4, 0.5) is 13.2 Å². The number of aromatic nitrogens is 2. The number of nitrogens with one attached hydrogen (secondary N) is 1. The number of hydrogen-bond donors (Lipinski definition) is 1. The van der Waals surface area contributed by atoms with E-state index < -0.39 is 12.1 Å². The number of hydrogen-bond acceptors (Lipinski definition) is 6. The molecule has 1 N–H and O–H groups in total. The highest BCUT2D eigenvalue weighted by Gasteiger charge is 2.35. The van der Waals surface area contributed by atoms with Crippen molar-refractivity contribution in [3.05, 3.63) is 34.6 Å². The summed E-state index contributed by atoms with van der Waals surface area (Å²) in [6.45, 7) is 2.08. The van der Waals surface area contributed by atoms with E-state index in [0.29, 0.717) is 22.9 Å². The summed E-state index contributed by atoms with van der Waals surface area (Å²) in [4.78, 5) is 8.40. The highest BCUT2D eigenvalue weighted by molar-refractivity contribution is 7.13. The van der Waals surface area contributed by atoms with Gasteiger partial charge in [0.25, 0.3) is 0 Å². The molecule has 10 heteroatoms. The number of oxazole rings is 1. The SMILES string of the molecule is CCC1CCC(C/C=C/c2nc3c(OC(F)(F)F)c(Cl)cc(-c4nccs4)c3o2)C1=N. The van der Waals surface area contributed by atoms with Crippen LogP contribution in [0, 0.1) is 17.2 Å². The van der Waals surface area contributed by atoms with Gasteiger partial charge in [-0.15, -0.1) is 24.5 Å². The van der Waals surface area contributed by atoms with Crippen molar-refractivity contribution in [1.82, 2.24) is 9.97 Å². The Morgan fingerprint density at radius 2 is 2.13 bits per heavy atom. The Morgan fingerprint density at radius 1 is 1.35 bits per heavy atom. The van der Waals surface area contributed by atoms with E-state index in [1.165, 1.54) is 17.4 Å². The molecule has 0 aliphatic heterocycles. The van der Waals surface area contributed by atoms with Crippen molar-refractivity contribution in [1.29, 1.82) is 5.41 Å². The molecule has 2 aromatic heterocycles. The maximum absolute atomic E-state index is 12.9. The van der Waals surface area contributed by atoms with Gasteiger partial charge in [-0.2, -0.15) is 0 Å². The minimum atomic E-state index is -4.92. The largest absolute Gasteiger partial charge is 0.573 e. The molecule has 0 amide bonds. The van der Waals surface area contributed by atoms with E-state index in [2.05, 4.69) is 21.6 Å². The molecule has 0 saturated heterocycles. The maximum atomic E-state index is 12.9. The molecule has 0 radical (unpaired) electrons. The summed E-state index contributed by atoms with van der Waals surface area (Å²) >= 11 is 7.41. The minimum absolute atomic E-state index is 0.116. The van der Waals surface area contributed by atoms with E-state index in [1.54, 1.807) is 17.7 Å². The zero-order chi connectivity index (χ0) is 22.2. The molecule has 2 atom stereocenters. The van der Waals surface area contributed by atoms with Gasteiger partial charge in [-0.3, -0.25) is 0 Å². The first-order valence-electron chi connectivity index (χ1n) is 9.80. The molecular formula is C21H19ClF3N3O2S. The van der Waals surface area contributed by atoms with Gasteiger partial charge in [0.15, 0.2) is 16.8 Å². The molecule has 0 spiro atoms. The van der Waals surface area contributed by atoms with Gasteiger partial charge < -0.3 is 14.6 Å². The van der Waals surface area contributed by atoms with Gasteiger partial charge in [0.05, 0.1) is 10.6 Å². The van der Waals surface area contributed by atoms with Crippen LogP contribution in [0.3, 0.4) is 0 Å². The molecule has 1 aliphatic carbocycles. The van der Waals surface area contributed by atoms with Crippen LogP contribution < -0.4 is 4.74 Å². The predicted octanol–water partition coefficient (Wildman–Crippen LogP) is 7.36. The zero-order valence-electron chi connectivity index (χ0n) is 16.5. The summed E-state index contributed by atoms with van der Waals surface area (Å²) in [6.07, 6.45) is 3.71. The van der Waals surface area contributed by atoms with Gasteiger partial charge >= 0.3 is 6.36 Å². The molecule has 4 rings (SSSR count). The first kappa shape index (κ1) is 21.8. The van der Waals surface area contributed by atoms with Gasteiger partial charge in [-0.05, 0) is 43.7 Å². The third kappa shape index (κ3) is 4.62. The van der Waals surface area contributed by atoms with E-state index in [9.17, 15) is 13.2 Å². The molecule has 1 aromatic carbocycles. The first-order chi connectivity index (χ1) is 14.8. The van der Waals surface area contributed by atoms with Gasteiger partial charge in [0.1, 0.15) is 5.01 Å². The second kappa shape index (κ2) is 8.63. The van der Waals surface area contributed by atoms with E-state index >= 15 is 0 Å². The lowest BCUT2D eigenvalue weighted by Crippen LogP contribution is -2.17. The Hall–Kier alpha value is -2.39. The normalized spacial score (nSPS) is 19.7. The predicted molar refractivity (Wildman–Crippen MR) is 115 cm³/mol. The number of fused-ring (bicyclic) bond motifs is 1. The summed E-state index contributed by atoms with van der Waals surface area (Å²) < 4.78 is 48.7. The Balaban J connectivity index is 1.68. The Bertz CT molecular complexity index is 1130. The molecule has 1 aliphatic rings. The molecule has 2 heterocycles. The summed E-state index contributed by atoms with van der Waals surface area (Å²) in [5.41, 5.74) is 1.22. The number of nitrogens with zero attached hydrogens (tertiary/aromatic N) is 2. The average Bonchev–Trinajstić information content (AvgIpc) is 3.44. The number of halogens is 4. The molecule has 2 unspecified atom stereocenters. The van der Waals surface area contributed by atoms with Crippen LogP contribution in [-0.4, -0.2) is 22.0 Å². The van der Waals surface area contributed by atoms with Gasteiger partial charge in [-0.1, -0.05) is 24.6 Å². The highest BCUT2D eigenvalue weighted by atomic mass is 35.5. The molecule has 164 valence electrons.